The smallest absolute Gasteiger partial charge is 0.343 e. The van der Waals surface area contributed by atoms with E-state index in [4.69, 9.17) is 31.2 Å². The van der Waals surface area contributed by atoms with E-state index < -0.39 is 48.7 Å². The predicted molar refractivity (Wildman–Crippen MR) is 139 cm³/mol. The summed E-state index contributed by atoms with van der Waals surface area (Å²) in [5.41, 5.74) is 12.1. The summed E-state index contributed by atoms with van der Waals surface area (Å²) in [5, 5.41) is 30.2. The van der Waals surface area contributed by atoms with Crippen LogP contribution in [-0.2, 0) is 27.2 Å². The second-order valence-electron chi connectivity index (χ2n) is 8.91. The Morgan fingerprint density at radius 3 is 2.35 bits per heavy atom. The number of carboxylic acids is 3. The molecule has 1 heterocycles. The summed E-state index contributed by atoms with van der Waals surface area (Å²) in [6.45, 7) is 0.0762. The van der Waals surface area contributed by atoms with E-state index in [1.54, 1.807) is 6.07 Å². The molecule has 40 heavy (non-hydrogen) atoms. The number of guanidine groups is 1. The molecule has 0 aromatic heterocycles. The van der Waals surface area contributed by atoms with Gasteiger partial charge < -0.3 is 41.6 Å². The summed E-state index contributed by atoms with van der Waals surface area (Å²) in [6, 6.07) is 6.30. The van der Waals surface area contributed by atoms with E-state index in [2.05, 4.69) is 10.3 Å². The lowest BCUT2D eigenvalue weighted by Crippen LogP contribution is -2.38. The van der Waals surface area contributed by atoms with Crippen molar-refractivity contribution in [3.63, 3.8) is 0 Å². The van der Waals surface area contributed by atoms with Crippen LogP contribution >= 0.6 is 0 Å². The SMILES string of the molecule is NC(N)=Nc1ccc2c(c1)CCCOc1c(ccc(CCC(=O)NC(CC(=O)O)CC(=O)O)c1C(=O)O)OC2=O. The molecule has 1 aliphatic heterocycles. The van der Waals surface area contributed by atoms with Crippen molar-refractivity contribution < 1.29 is 48.8 Å². The molecule has 212 valence electrons. The Morgan fingerprint density at radius 1 is 1.02 bits per heavy atom. The second kappa shape index (κ2) is 13.1. The van der Waals surface area contributed by atoms with Crippen LogP contribution in [-0.4, -0.2) is 63.7 Å². The van der Waals surface area contributed by atoms with Crippen molar-refractivity contribution in [1.82, 2.24) is 5.32 Å². The first kappa shape index (κ1) is 29.4. The lowest BCUT2D eigenvalue weighted by atomic mass is 9.99. The van der Waals surface area contributed by atoms with Crippen molar-refractivity contribution in [1.29, 1.82) is 0 Å². The molecule has 2 aromatic carbocycles. The molecule has 2 aromatic rings. The fourth-order valence-electron chi connectivity index (χ4n) is 4.21. The van der Waals surface area contributed by atoms with E-state index in [9.17, 15) is 29.1 Å². The number of aromatic carboxylic acids is 1. The first-order valence-electron chi connectivity index (χ1n) is 12.1. The minimum absolute atomic E-state index is 0.0762. The third-order valence-electron chi connectivity index (χ3n) is 5.86. The van der Waals surface area contributed by atoms with Gasteiger partial charge in [-0.05, 0) is 54.7 Å². The third-order valence-corrected chi connectivity index (χ3v) is 5.86. The van der Waals surface area contributed by atoms with E-state index in [1.165, 1.54) is 24.3 Å². The first-order chi connectivity index (χ1) is 18.9. The van der Waals surface area contributed by atoms with Gasteiger partial charge in [-0.3, -0.25) is 14.4 Å². The number of nitrogens with two attached hydrogens (primary N) is 2. The Labute approximate surface area is 227 Å². The van der Waals surface area contributed by atoms with Gasteiger partial charge in [0.05, 0.1) is 30.7 Å². The molecule has 1 aliphatic rings. The Balaban J connectivity index is 1.85. The minimum Gasteiger partial charge on any atom is -0.489 e. The van der Waals surface area contributed by atoms with Crippen molar-refractivity contribution in [3.05, 3.63) is 52.6 Å². The van der Waals surface area contributed by atoms with Crippen LogP contribution in [0.2, 0.25) is 0 Å². The topological polar surface area (TPSA) is 241 Å². The molecule has 0 spiro atoms. The molecule has 14 nitrogen and oxygen atoms in total. The van der Waals surface area contributed by atoms with Crippen LogP contribution in [0.4, 0.5) is 5.69 Å². The number of aryl methyl sites for hydroxylation is 2. The number of hydrogen-bond acceptors (Lipinski definition) is 8. The van der Waals surface area contributed by atoms with Crippen LogP contribution in [0.5, 0.6) is 11.5 Å². The zero-order valence-electron chi connectivity index (χ0n) is 21.2. The van der Waals surface area contributed by atoms with Crippen LogP contribution in [0, 0.1) is 0 Å². The molecule has 0 radical (unpaired) electrons. The van der Waals surface area contributed by atoms with Gasteiger partial charge in [0.2, 0.25) is 5.91 Å². The number of nitrogens with zero attached hydrogens (tertiary/aromatic N) is 1. The molecule has 0 saturated heterocycles. The maximum atomic E-state index is 13.0. The molecule has 14 heteroatoms. The maximum absolute atomic E-state index is 13.0. The number of nitrogens with one attached hydrogen (secondary N) is 1. The van der Waals surface area contributed by atoms with Gasteiger partial charge in [0.1, 0.15) is 5.56 Å². The molecule has 0 saturated carbocycles. The molecule has 0 atom stereocenters. The van der Waals surface area contributed by atoms with E-state index in [1.807, 2.05) is 0 Å². The van der Waals surface area contributed by atoms with Crippen LogP contribution in [0.25, 0.3) is 0 Å². The normalized spacial score (nSPS) is 12.7. The number of carbonyl (C=O) groups excluding carboxylic acids is 2. The van der Waals surface area contributed by atoms with Gasteiger partial charge in [0, 0.05) is 12.5 Å². The van der Waals surface area contributed by atoms with Crippen molar-refractivity contribution in [2.24, 2.45) is 16.5 Å². The summed E-state index contributed by atoms with van der Waals surface area (Å²) in [7, 11) is 0. The van der Waals surface area contributed by atoms with Gasteiger partial charge in [-0.1, -0.05) is 6.07 Å². The summed E-state index contributed by atoms with van der Waals surface area (Å²) in [5.74, 6) is -5.79. The molecular weight excluding hydrogens is 528 g/mol. The molecule has 8 N–H and O–H groups in total. The zero-order valence-corrected chi connectivity index (χ0v) is 21.2. The average Bonchev–Trinajstić information content (AvgIpc) is 2.84. The van der Waals surface area contributed by atoms with Gasteiger partial charge in [-0.25, -0.2) is 14.6 Å². The van der Waals surface area contributed by atoms with Crippen LogP contribution in [0.15, 0.2) is 35.3 Å². The van der Waals surface area contributed by atoms with E-state index in [0.29, 0.717) is 24.1 Å². The number of esters is 1. The number of hydrogen-bond donors (Lipinski definition) is 6. The van der Waals surface area contributed by atoms with Crippen molar-refractivity contribution in [2.45, 2.75) is 44.6 Å². The largest absolute Gasteiger partial charge is 0.489 e. The fraction of sp³-hybridized carbons (Fsp3) is 0.308. The highest BCUT2D eigenvalue weighted by molar-refractivity contribution is 5.97. The molecule has 0 bridgehead atoms. The molecule has 0 fully saturated rings. The number of aliphatic carboxylic acids is 2. The quantitative estimate of drug-likeness (QED) is 0.105. The van der Waals surface area contributed by atoms with Gasteiger partial charge >= 0.3 is 23.9 Å². The lowest BCUT2D eigenvalue weighted by Gasteiger charge is -2.20. The van der Waals surface area contributed by atoms with E-state index >= 15 is 0 Å². The first-order valence-corrected chi connectivity index (χ1v) is 12.1. The van der Waals surface area contributed by atoms with Crippen LogP contribution < -0.4 is 26.3 Å². The lowest BCUT2D eigenvalue weighted by molar-refractivity contribution is -0.139. The summed E-state index contributed by atoms with van der Waals surface area (Å²) in [6.07, 6.45) is -0.749. The monoisotopic (exact) mass is 556 g/mol. The van der Waals surface area contributed by atoms with Gasteiger partial charge in [0.15, 0.2) is 17.5 Å². The number of ether oxygens (including phenoxy) is 2. The predicted octanol–water partition coefficient (Wildman–Crippen LogP) is 1.20. The number of rotatable bonds is 10. The maximum Gasteiger partial charge on any atom is 0.343 e. The number of benzene rings is 2. The summed E-state index contributed by atoms with van der Waals surface area (Å²) < 4.78 is 11.3. The van der Waals surface area contributed by atoms with E-state index in [-0.39, 0.29) is 53.6 Å². The molecule has 0 unspecified atom stereocenters. The second-order valence-corrected chi connectivity index (χ2v) is 8.91. The van der Waals surface area contributed by atoms with Crippen molar-refractivity contribution >= 4 is 41.4 Å². The number of fused-ring (bicyclic) bond motifs is 2. The Bertz CT molecular complexity index is 1350. The highest BCUT2D eigenvalue weighted by Gasteiger charge is 2.26. The number of aliphatic imine (C=N–C) groups is 1. The summed E-state index contributed by atoms with van der Waals surface area (Å²) >= 11 is 0. The number of carboxylic acid groups (broad SMARTS) is 3. The van der Waals surface area contributed by atoms with Crippen LogP contribution in [0.3, 0.4) is 0 Å². The Morgan fingerprint density at radius 2 is 1.73 bits per heavy atom. The van der Waals surface area contributed by atoms with Gasteiger partial charge in [-0.2, -0.15) is 0 Å². The van der Waals surface area contributed by atoms with Gasteiger partial charge in [0.25, 0.3) is 0 Å². The standard InChI is InChI=1S/C26H28N4O10/c27-26(28)30-15-5-6-17-14(10-15)2-1-9-39-23-18(40-25(17)38)7-3-13(22(23)24(36)37)4-8-19(31)29-16(11-20(32)33)12-21(34)35/h3,5-7,10,16H,1-2,4,8-9,11-12H2,(H,29,31)(H,32,33)(H,34,35)(H,36,37)(H4,27,28,30). The zero-order chi connectivity index (χ0) is 29.4. The van der Waals surface area contributed by atoms with Crippen molar-refractivity contribution in [3.8, 4) is 11.5 Å². The number of carbonyl (C=O) groups is 5. The highest BCUT2D eigenvalue weighted by atomic mass is 16.6. The average molecular weight is 557 g/mol. The molecule has 1 amide bonds. The minimum atomic E-state index is -1.38. The molecule has 0 aliphatic carbocycles. The van der Waals surface area contributed by atoms with Crippen molar-refractivity contribution in [2.75, 3.05) is 6.61 Å². The Hall–Kier alpha value is -5.14. The van der Waals surface area contributed by atoms with Crippen LogP contribution in [0.1, 0.15) is 57.5 Å². The number of amides is 1. The third kappa shape index (κ3) is 7.93. The fourth-order valence-corrected chi connectivity index (χ4v) is 4.21. The van der Waals surface area contributed by atoms with Gasteiger partial charge in [-0.15, -0.1) is 0 Å². The molecular formula is C26H28N4O10. The summed E-state index contributed by atoms with van der Waals surface area (Å²) in [4.78, 5) is 63.6. The van der Waals surface area contributed by atoms with E-state index in [0.717, 1.165) is 0 Å². The highest BCUT2D eigenvalue weighted by Crippen LogP contribution is 2.36. The Kier molecular flexibility index (Phi) is 9.62. The molecule has 3 rings (SSSR count).